The summed E-state index contributed by atoms with van der Waals surface area (Å²) >= 11 is 3.52. The molecule has 3 aromatic carbocycles. The monoisotopic (exact) mass is 490 g/mol. The van der Waals surface area contributed by atoms with Gasteiger partial charge >= 0.3 is 0 Å². The van der Waals surface area contributed by atoms with E-state index in [0.29, 0.717) is 33.8 Å². The summed E-state index contributed by atoms with van der Waals surface area (Å²) in [5.74, 6) is 0.563. The fraction of sp³-hybridized carbons (Fsp3) is 0.154. The summed E-state index contributed by atoms with van der Waals surface area (Å²) in [6.07, 6.45) is 1.51. The van der Waals surface area contributed by atoms with Gasteiger partial charge in [0.15, 0.2) is 11.5 Å². The molecule has 0 radical (unpaired) electrons. The molecule has 1 amide bonds. The van der Waals surface area contributed by atoms with Crippen molar-refractivity contribution >= 4 is 33.6 Å². The predicted octanol–water partition coefficient (Wildman–Crippen LogP) is 6.20. The number of nitrogens with zero attached hydrogens (tertiary/aromatic N) is 1. The van der Waals surface area contributed by atoms with Gasteiger partial charge in [-0.25, -0.2) is 0 Å². The first-order valence-electron chi connectivity index (χ1n) is 9.95. The Balaban J connectivity index is 1.80. The fourth-order valence-corrected chi connectivity index (χ4v) is 3.53. The summed E-state index contributed by atoms with van der Waals surface area (Å²) in [6, 6.07) is 20.9. The van der Waals surface area contributed by atoms with Crippen LogP contribution in [0.25, 0.3) is 6.08 Å². The Morgan fingerprint density at radius 2 is 1.69 bits per heavy atom. The zero-order valence-electron chi connectivity index (χ0n) is 18.1. The van der Waals surface area contributed by atoms with E-state index in [2.05, 4.69) is 21.2 Å². The molecular weight excluding hydrogens is 468 g/mol. The minimum atomic E-state index is -0.480. The molecule has 0 spiro atoms. The number of benzene rings is 3. The number of amides is 1. The van der Waals surface area contributed by atoms with Crippen molar-refractivity contribution in [3.05, 3.63) is 93.0 Å². The van der Waals surface area contributed by atoms with Crippen LogP contribution in [0, 0.1) is 25.2 Å². The molecule has 5 nitrogen and oxygen atoms in total. The molecule has 3 rings (SSSR count). The summed E-state index contributed by atoms with van der Waals surface area (Å²) in [4.78, 5) is 12.6. The van der Waals surface area contributed by atoms with Crippen LogP contribution in [0.2, 0.25) is 0 Å². The van der Waals surface area contributed by atoms with E-state index < -0.39 is 5.91 Å². The highest BCUT2D eigenvalue weighted by molar-refractivity contribution is 9.10. The van der Waals surface area contributed by atoms with Gasteiger partial charge in [0.1, 0.15) is 18.2 Å². The van der Waals surface area contributed by atoms with Crippen LogP contribution in [0.1, 0.15) is 22.3 Å². The number of carbonyl (C=O) groups excluding carboxylic acids is 1. The van der Waals surface area contributed by atoms with E-state index in [1.54, 1.807) is 31.4 Å². The maximum absolute atomic E-state index is 12.6. The van der Waals surface area contributed by atoms with Crippen LogP contribution in [-0.4, -0.2) is 13.0 Å². The molecule has 1 N–H and O–H groups in total. The lowest BCUT2D eigenvalue weighted by atomic mass is 10.1. The van der Waals surface area contributed by atoms with Gasteiger partial charge in [-0.15, -0.1) is 0 Å². The number of nitriles is 1. The SMILES string of the molecule is COc1cc(/C=C(/C#N)C(=O)Nc2ccc(C)cc2)cc(Br)c1OCc1ccc(C)cc1. The van der Waals surface area contributed by atoms with Crippen molar-refractivity contribution in [2.75, 3.05) is 12.4 Å². The zero-order valence-corrected chi connectivity index (χ0v) is 19.7. The second kappa shape index (κ2) is 10.7. The van der Waals surface area contributed by atoms with Crippen molar-refractivity contribution in [3.8, 4) is 17.6 Å². The summed E-state index contributed by atoms with van der Waals surface area (Å²) in [7, 11) is 1.54. The van der Waals surface area contributed by atoms with Gasteiger partial charge < -0.3 is 14.8 Å². The third kappa shape index (κ3) is 5.99. The number of anilines is 1. The first-order valence-corrected chi connectivity index (χ1v) is 10.7. The number of aryl methyl sites for hydroxylation is 2. The highest BCUT2D eigenvalue weighted by atomic mass is 79.9. The lowest BCUT2D eigenvalue weighted by Crippen LogP contribution is -2.13. The second-order valence-corrected chi connectivity index (χ2v) is 8.15. The van der Waals surface area contributed by atoms with E-state index in [9.17, 15) is 10.1 Å². The van der Waals surface area contributed by atoms with Gasteiger partial charge in [0.05, 0.1) is 11.6 Å². The maximum Gasteiger partial charge on any atom is 0.266 e. The Hall–Kier alpha value is -3.56. The first-order chi connectivity index (χ1) is 15.4. The van der Waals surface area contributed by atoms with Crippen molar-refractivity contribution in [2.24, 2.45) is 0 Å². The normalized spacial score (nSPS) is 10.9. The average Bonchev–Trinajstić information content (AvgIpc) is 2.79. The lowest BCUT2D eigenvalue weighted by molar-refractivity contribution is -0.112. The van der Waals surface area contributed by atoms with Crippen molar-refractivity contribution in [3.63, 3.8) is 0 Å². The summed E-state index contributed by atoms with van der Waals surface area (Å²) in [5, 5.41) is 12.3. The second-order valence-electron chi connectivity index (χ2n) is 7.30. The summed E-state index contributed by atoms with van der Waals surface area (Å²) in [6.45, 7) is 4.38. The molecule has 0 saturated heterocycles. The first kappa shape index (κ1) is 23.1. The molecule has 162 valence electrons. The largest absolute Gasteiger partial charge is 0.493 e. The van der Waals surface area contributed by atoms with Crippen molar-refractivity contribution in [1.82, 2.24) is 0 Å². The molecule has 0 aromatic heterocycles. The molecule has 0 aliphatic rings. The number of hydrogen-bond donors (Lipinski definition) is 1. The van der Waals surface area contributed by atoms with Gasteiger partial charge in [-0.3, -0.25) is 4.79 Å². The van der Waals surface area contributed by atoms with Gasteiger partial charge in [0.2, 0.25) is 0 Å². The molecule has 0 atom stereocenters. The van der Waals surface area contributed by atoms with Crippen LogP contribution in [0.5, 0.6) is 11.5 Å². The number of ether oxygens (including phenoxy) is 2. The molecular formula is C26H23BrN2O3. The van der Waals surface area contributed by atoms with Crippen LogP contribution in [-0.2, 0) is 11.4 Å². The number of rotatable bonds is 7. The van der Waals surface area contributed by atoms with Crippen molar-refractivity contribution < 1.29 is 14.3 Å². The quantitative estimate of drug-likeness (QED) is 0.316. The molecule has 0 fully saturated rings. The Kier molecular flexibility index (Phi) is 7.69. The van der Waals surface area contributed by atoms with Crippen LogP contribution in [0.3, 0.4) is 0 Å². The molecule has 6 heteroatoms. The summed E-state index contributed by atoms with van der Waals surface area (Å²) in [5.41, 5.74) is 4.54. The molecule has 0 bridgehead atoms. The Morgan fingerprint density at radius 1 is 1.06 bits per heavy atom. The summed E-state index contributed by atoms with van der Waals surface area (Å²) < 4.78 is 12.1. The zero-order chi connectivity index (χ0) is 23.1. The minimum absolute atomic E-state index is 0.0205. The van der Waals surface area contributed by atoms with Crippen LogP contribution < -0.4 is 14.8 Å². The molecule has 0 aliphatic heterocycles. The standard InChI is InChI=1S/C26H23BrN2O3/c1-17-4-8-19(9-5-17)16-32-25-23(27)13-20(14-24(25)31-3)12-21(15-28)26(30)29-22-10-6-18(2)7-11-22/h4-14H,16H2,1-3H3,(H,29,30)/b21-12-. The van der Waals surface area contributed by atoms with Crippen LogP contribution in [0.15, 0.2) is 70.7 Å². The lowest BCUT2D eigenvalue weighted by Gasteiger charge is -2.14. The number of nitrogens with one attached hydrogen (secondary N) is 1. The highest BCUT2D eigenvalue weighted by Gasteiger charge is 2.14. The van der Waals surface area contributed by atoms with E-state index in [1.165, 1.54) is 11.6 Å². The minimum Gasteiger partial charge on any atom is -0.493 e. The van der Waals surface area contributed by atoms with E-state index in [1.807, 2.05) is 56.3 Å². The van der Waals surface area contributed by atoms with Crippen molar-refractivity contribution in [2.45, 2.75) is 20.5 Å². The van der Waals surface area contributed by atoms with E-state index in [4.69, 9.17) is 9.47 Å². The third-order valence-corrected chi connectivity index (χ3v) is 5.33. The molecule has 32 heavy (non-hydrogen) atoms. The number of carbonyl (C=O) groups is 1. The number of hydrogen-bond acceptors (Lipinski definition) is 4. The van der Waals surface area contributed by atoms with E-state index in [0.717, 1.165) is 11.1 Å². The van der Waals surface area contributed by atoms with Crippen LogP contribution in [0.4, 0.5) is 5.69 Å². The van der Waals surface area contributed by atoms with E-state index in [-0.39, 0.29) is 5.57 Å². The molecule has 0 heterocycles. The van der Waals surface area contributed by atoms with Crippen molar-refractivity contribution in [1.29, 1.82) is 5.26 Å². The Bertz CT molecular complexity index is 1180. The Morgan fingerprint density at radius 3 is 2.28 bits per heavy atom. The van der Waals surface area contributed by atoms with Gasteiger partial charge in [0, 0.05) is 5.69 Å². The van der Waals surface area contributed by atoms with Gasteiger partial charge in [0.25, 0.3) is 5.91 Å². The maximum atomic E-state index is 12.6. The molecule has 0 aliphatic carbocycles. The average molecular weight is 491 g/mol. The number of methoxy groups -OCH3 is 1. The topological polar surface area (TPSA) is 71.3 Å². The van der Waals surface area contributed by atoms with E-state index >= 15 is 0 Å². The van der Waals surface area contributed by atoms with Gasteiger partial charge in [-0.05, 0) is 71.2 Å². The Labute approximate surface area is 196 Å². The number of halogens is 1. The third-order valence-electron chi connectivity index (χ3n) is 4.74. The molecule has 3 aromatic rings. The molecule has 0 saturated carbocycles. The van der Waals surface area contributed by atoms with Gasteiger partial charge in [-0.1, -0.05) is 47.5 Å². The predicted molar refractivity (Wildman–Crippen MR) is 130 cm³/mol. The highest BCUT2D eigenvalue weighted by Crippen LogP contribution is 2.37. The van der Waals surface area contributed by atoms with Gasteiger partial charge in [-0.2, -0.15) is 5.26 Å². The molecule has 0 unspecified atom stereocenters. The fourth-order valence-electron chi connectivity index (χ4n) is 2.95. The van der Waals surface area contributed by atoms with Crippen LogP contribution >= 0.6 is 15.9 Å². The smallest absolute Gasteiger partial charge is 0.266 e.